The molecule has 0 aliphatic heterocycles. The summed E-state index contributed by atoms with van der Waals surface area (Å²) in [6, 6.07) is -6.40. The summed E-state index contributed by atoms with van der Waals surface area (Å²) >= 11 is 0. The fourth-order valence-electron chi connectivity index (χ4n) is 5.71. The Bertz CT molecular complexity index is 1870. The summed E-state index contributed by atoms with van der Waals surface area (Å²) in [7, 11) is 0. The molecule has 27 nitrogen and oxygen atoms in total. The van der Waals surface area contributed by atoms with Gasteiger partial charge in [0, 0.05) is 6.42 Å². The zero-order valence-electron chi connectivity index (χ0n) is 36.5. The number of carbonyl (C=O) groups is 11. The van der Waals surface area contributed by atoms with Crippen molar-refractivity contribution in [2.45, 2.75) is 120 Å². The highest BCUT2D eigenvalue weighted by Gasteiger charge is 2.35. The highest BCUT2D eigenvalue weighted by atomic mass is 16.4. The lowest BCUT2D eigenvalue weighted by Gasteiger charge is -2.27. The average molecular weight is 940 g/mol. The maximum Gasteiger partial charge on any atom is 0.326 e. The number of aliphatic hydroxyl groups is 3. The SMILES string of the molecule is CC(NC(=O)C(CO)NC(=O)C(CC(=O)O)NC(=O)C(C)NC(=O)C(NC(=O)C(CO)NC(=O)C(Cc1ccccc1)NC(=O)C(N)CC(N)=O)C(C)O)C(=O)NC(CCCCN)C(=O)O. The topological polar surface area (TPSA) is 463 Å². The first kappa shape index (κ1) is 57.2. The Balaban J connectivity index is 3.05. The maximum absolute atomic E-state index is 13.4. The normalized spacial score (nSPS) is 15.5. The summed E-state index contributed by atoms with van der Waals surface area (Å²) in [4.78, 5) is 139. The number of benzene rings is 1. The van der Waals surface area contributed by atoms with Gasteiger partial charge in [-0.15, -0.1) is 0 Å². The van der Waals surface area contributed by atoms with Crippen molar-refractivity contribution in [1.82, 2.24) is 42.5 Å². The predicted molar refractivity (Wildman–Crippen MR) is 227 cm³/mol. The van der Waals surface area contributed by atoms with Gasteiger partial charge in [-0.1, -0.05) is 30.3 Å². The third kappa shape index (κ3) is 20.4. The molecule has 1 aromatic carbocycles. The number of aliphatic hydroxyl groups excluding tert-OH is 3. The van der Waals surface area contributed by atoms with Gasteiger partial charge in [0.05, 0.1) is 38.2 Å². The minimum atomic E-state index is -1.95. The van der Waals surface area contributed by atoms with Crippen molar-refractivity contribution in [2.24, 2.45) is 17.2 Å². The molecule has 10 unspecified atom stereocenters. The monoisotopic (exact) mass is 939 g/mol. The smallest absolute Gasteiger partial charge is 0.326 e. The van der Waals surface area contributed by atoms with Gasteiger partial charge in [-0.25, -0.2) is 4.79 Å². The molecule has 27 heteroatoms. The second-order valence-electron chi connectivity index (χ2n) is 15.0. The van der Waals surface area contributed by atoms with Crippen LogP contribution in [0.15, 0.2) is 30.3 Å². The Hall–Kier alpha value is -6.81. The molecule has 0 fully saturated rings. The van der Waals surface area contributed by atoms with Gasteiger partial charge in [-0.2, -0.15) is 0 Å². The van der Waals surface area contributed by atoms with Crippen LogP contribution in [-0.4, -0.2) is 171 Å². The molecule has 368 valence electrons. The Morgan fingerprint density at radius 3 is 1.48 bits per heavy atom. The van der Waals surface area contributed by atoms with Crippen LogP contribution in [-0.2, 0) is 59.2 Å². The standard InChI is InChI=1S/C39H61N11O16/c1-18(31(57)45-23(39(65)66)11-7-8-12-40)43-36(62)26(16-51)48-35(61)25(15-29(55)56)46-32(58)19(2)44-38(64)30(20(3)53)50-37(63)27(17-52)49-34(60)24(13-21-9-5-4-6-10-21)47-33(59)22(41)14-28(42)54/h4-6,9-10,18-20,22-27,30,51-53H,7-8,11-17,40-41H2,1-3H3,(H2,42,54)(H,43,62)(H,44,64)(H,45,57)(H,46,58)(H,47,59)(H,48,61)(H,49,60)(H,50,63)(H,55,56)(H,65,66). The number of nitrogens with two attached hydrogens (primary N) is 3. The molecule has 0 saturated heterocycles. The third-order valence-electron chi connectivity index (χ3n) is 9.44. The van der Waals surface area contributed by atoms with Gasteiger partial charge in [-0.3, -0.25) is 47.9 Å². The molecule has 0 aliphatic rings. The Kier molecular flexibility index (Phi) is 25.0. The van der Waals surface area contributed by atoms with Crippen LogP contribution in [0.25, 0.3) is 0 Å². The second kappa shape index (κ2) is 28.9. The number of rotatable bonds is 30. The first-order valence-electron chi connectivity index (χ1n) is 20.5. The largest absolute Gasteiger partial charge is 0.481 e. The van der Waals surface area contributed by atoms with Crippen molar-refractivity contribution < 1.29 is 78.3 Å². The van der Waals surface area contributed by atoms with E-state index in [1.165, 1.54) is 6.92 Å². The molecule has 19 N–H and O–H groups in total. The molecular formula is C39H61N11O16. The lowest BCUT2D eigenvalue weighted by Crippen LogP contribution is -2.62. The van der Waals surface area contributed by atoms with E-state index in [0.29, 0.717) is 24.9 Å². The molecule has 66 heavy (non-hydrogen) atoms. The van der Waals surface area contributed by atoms with Crippen LogP contribution >= 0.6 is 0 Å². The number of primary amides is 1. The molecule has 0 aromatic heterocycles. The molecular weight excluding hydrogens is 878 g/mol. The van der Waals surface area contributed by atoms with E-state index in [1.54, 1.807) is 30.3 Å². The van der Waals surface area contributed by atoms with Crippen LogP contribution in [0.3, 0.4) is 0 Å². The van der Waals surface area contributed by atoms with Gasteiger partial charge in [0.1, 0.15) is 48.3 Å². The van der Waals surface area contributed by atoms with Gasteiger partial charge in [0.15, 0.2) is 0 Å². The van der Waals surface area contributed by atoms with Gasteiger partial charge in [0.2, 0.25) is 53.2 Å². The summed E-state index contributed by atoms with van der Waals surface area (Å²) < 4.78 is 0. The van der Waals surface area contributed by atoms with Crippen LogP contribution in [0.1, 0.15) is 58.4 Å². The highest BCUT2D eigenvalue weighted by Crippen LogP contribution is 2.07. The van der Waals surface area contributed by atoms with E-state index in [2.05, 4.69) is 37.2 Å². The van der Waals surface area contributed by atoms with E-state index in [-0.39, 0.29) is 12.8 Å². The Morgan fingerprint density at radius 2 is 1.02 bits per heavy atom. The van der Waals surface area contributed by atoms with Crippen LogP contribution in [0, 0.1) is 0 Å². The van der Waals surface area contributed by atoms with Crippen LogP contribution in [0.4, 0.5) is 0 Å². The average Bonchev–Trinajstić information content (AvgIpc) is 3.24. The van der Waals surface area contributed by atoms with Crippen LogP contribution in [0.5, 0.6) is 0 Å². The van der Waals surface area contributed by atoms with E-state index in [0.717, 1.165) is 13.8 Å². The zero-order valence-corrected chi connectivity index (χ0v) is 36.5. The molecule has 0 heterocycles. The first-order valence-corrected chi connectivity index (χ1v) is 20.5. The summed E-state index contributed by atoms with van der Waals surface area (Å²) in [5.41, 5.74) is 16.8. The molecule has 0 spiro atoms. The maximum atomic E-state index is 13.4. The number of carbonyl (C=O) groups excluding carboxylic acids is 9. The van der Waals surface area contributed by atoms with E-state index in [4.69, 9.17) is 17.2 Å². The van der Waals surface area contributed by atoms with E-state index in [1.807, 2.05) is 5.32 Å². The van der Waals surface area contributed by atoms with Gasteiger partial charge in [0.25, 0.3) is 0 Å². The first-order chi connectivity index (χ1) is 30.9. The molecule has 0 radical (unpaired) electrons. The molecule has 0 bridgehead atoms. The summed E-state index contributed by atoms with van der Waals surface area (Å²) in [6.07, 6.45) is -2.58. The van der Waals surface area contributed by atoms with E-state index < -0.39 is 152 Å². The number of nitrogens with one attached hydrogen (secondary N) is 8. The molecule has 0 saturated carbocycles. The van der Waals surface area contributed by atoms with Gasteiger partial charge < -0.3 is 85.3 Å². The fraction of sp³-hybridized carbons (Fsp3) is 0.564. The Labute approximate surface area is 378 Å². The van der Waals surface area contributed by atoms with Crippen LogP contribution in [0.2, 0.25) is 0 Å². The Morgan fingerprint density at radius 1 is 0.561 bits per heavy atom. The summed E-state index contributed by atoms with van der Waals surface area (Å²) in [6.45, 7) is 1.45. The molecule has 9 amide bonds. The van der Waals surface area contributed by atoms with Crippen molar-refractivity contribution in [1.29, 1.82) is 0 Å². The highest BCUT2D eigenvalue weighted by molar-refractivity contribution is 5.99. The lowest BCUT2D eigenvalue weighted by molar-refractivity contribution is -0.142. The molecule has 0 aliphatic carbocycles. The van der Waals surface area contributed by atoms with Crippen molar-refractivity contribution >= 4 is 65.1 Å². The molecule has 1 rings (SSSR count). The summed E-state index contributed by atoms with van der Waals surface area (Å²) in [5.74, 6) is -12.8. The number of carboxylic acid groups (broad SMARTS) is 2. The molecule has 10 atom stereocenters. The number of aliphatic carboxylic acids is 2. The van der Waals surface area contributed by atoms with E-state index >= 15 is 0 Å². The number of carboxylic acids is 2. The summed E-state index contributed by atoms with van der Waals surface area (Å²) in [5, 5.41) is 66.5. The number of hydrogen-bond donors (Lipinski definition) is 16. The minimum Gasteiger partial charge on any atom is -0.481 e. The molecule has 1 aromatic rings. The number of hydrogen-bond acceptors (Lipinski definition) is 16. The van der Waals surface area contributed by atoms with Gasteiger partial charge in [-0.05, 0) is 52.1 Å². The predicted octanol–water partition coefficient (Wildman–Crippen LogP) is -7.60. The fourth-order valence-corrected chi connectivity index (χ4v) is 5.71. The van der Waals surface area contributed by atoms with Crippen molar-refractivity contribution in [3.8, 4) is 0 Å². The van der Waals surface area contributed by atoms with Crippen LogP contribution < -0.4 is 59.7 Å². The van der Waals surface area contributed by atoms with Crippen molar-refractivity contribution in [3.05, 3.63) is 35.9 Å². The lowest BCUT2D eigenvalue weighted by atomic mass is 10.0. The second-order valence-corrected chi connectivity index (χ2v) is 15.0. The minimum absolute atomic E-state index is 0.0399. The van der Waals surface area contributed by atoms with Gasteiger partial charge >= 0.3 is 11.9 Å². The third-order valence-corrected chi connectivity index (χ3v) is 9.44. The number of amides is 9. The van der Waals surface area contributed by atoms with Crippen molar-refractivity contribution in [2.75, 3.05) is 19.8 Å². The van der Waals surface area contributed by atoms with Crippen molar-refractivity contribution in [3.63, 3.8) is 0 Å². The zero-order chi connectivity index (χ0) is 50.3. The quantitative estimate of drug-likeness (QED) is 0.0319. The number of unbranched alkanes of at least 4 members (excludes halogenated alkanes) is 1. The van der Waals surface area contributed by atoms with E-state index in [9.17, 15) is 78.3 Å².